The first-order valence-corrected chi connectivity index (χ1v) is 11.7. The van der Waals surface area contributed by atoms with Crippen LogP contribution in [0.3, 0.4) is 0 Å². The van der Waals surface area contributed by atoms with Crippen LogP contribution in [0.5, 0.6) is 5.75 Å². The zero-order chi connectivity index (χ0) is 22.9. The molecular formula is C26H29N3O4. The topological polar surface area (TPSA) is 70.2 Å². The van der Waals surface area contributed by atoms with Gasteiger partial charge in [0.2, 0.25) is 11.8 Å². The third-order valence-electron chi connectivity index (χ3n) is 7.06. The van der Waals surface area contributed by atoms with Gasteiger partial charge in [0.15, 0.2) is 0 Å². The van der Waals surface area contributed by atoms with E-state index in [4.69, 9.17) is 4.74 Å². The van der Waals surface area contributed by atoms with Crippen molar-refractivity contribution < 1.29 is 19.1 Å². The first-order valence-electron chi connectivity index (χ1n) is 11.7. The van der Waals surface area contributed by atoms with Crippen molar-refractivity contribution in [2.75, 3.05) is 44.7 Å². The average molecular weight is 448 g/mol. The summed E-state index contributed by atoms with van der Waals surface area (Å²) in [6.07, 6.45) is 3.59. The Bertz CT molecular complexity index is 1090. The molecule has 2 heterocycles. The lowest BCUT2D eigenvalue weighted by atomic mass is 10.1. The largest absolute Gasteiger partial charge is 0.497 e. The van der Waals surface area contributed by atoms with Gasteiger partial charge in [0.05, 0.1) is 13.0 Å². The Hall–Kier alpha value is -3.35. The molecular weight excluding hydrogens is 418 g/mol. The van der Waals surface area contributed by atoms with Crippen LogP contribution in [0, 0.1) is 5.92 Å². The first-order chi connectivity index (χ1) is 16.0. The number of carbonyl (C=O) groups is 3. The van der Waals surface area contributed by atoms with Crippen molar-refractivity contribution in [3.8, 4) is 5.75 Å². The van der Waals surface area contributed by atoms with Crippen molar-refractivity contribution in [3.63, 3.8) is 0 Å². The predicted octanol–water partition coefficient (Wildman–Crippen LogP) is 2.52. The standard InChI is InChI=1S/C26H29N3O4/c1-33-23-7-3-6-20(15-23)25(31)27-10-12-28(13-11-27)26(32)21-16-24(30)29(17-21)22-9-8-18-4-2-5-19(18)14-22/h3,6-9,14-15,21H,2,4-5,10-13,16-17H2,1H3. The Morgan fingerprint density at radius 1 is 0.939 bits per heavy atom. The van der Waals surface area contributed by atoms with Crippen LogP contribution < -0.4 is 9.64 Å². The van der Waals surface area contributed by atoms with Crippen LogP contribution >= 0.6 is 0 Å². The van der Waals surface area contributed by atoms with Crippen molar-refractivity contribution in [3.05, 3.63) is 59.2 Å². The van der Waals surface area contributed by atoms with Crippen LogP contribution in [-0.2, 0) is 22.4 Å². The molecule has 0 saturated carbocycles. The lowest BCUT2D eigenvalue weighted by Crippen LogP contribution is -2.52. The summed E-state index contributed by atoms with van der Waals surface area (Å²) in [5.41, 5.74) is 4.19. The Balaban J connectivity index is 1.19. The highest BCUT2D eigenvalue weighted by Gasteiger charge is 2.38. The highest BCUT2D eigenvalue weighted by molar-refractivity contribution is 6.00. The van der Waals surface area contributed by atoms with E-state index in [1.165, 1.54) is 17.5 Å². The van der Waals surface area contributed by atoms with Gasteiger partial charge in [0.1, 0.15) is 5.75 Å². The summed E-state index contributed by atoms with van der Waals surface area (Å²) in [7, 11) is 1.58. The van der Waals surface area contributed by atoms with E-state index in [-0.39, 0.29) is 30.1 Å². The van der Waals surface area contributed by atoms with Gasteiger partial charge in [-0.3, -0.25) is 14.4 Å². The Morgan fingerprint density at radius 3 is 2.48 bits per heavy atom. The third-order valence-corrected chi connectivity index (χ3v) is 7.06. The average Bonchev–Trinajstić information content (AvgIpc) is 3.49. The van der Waals surface area contributed by atoms with Gasteiger partial charge < -0.3 is 19.4 Å². The molecule has 0 N–H and O–H groups in total. The minimum Gasteiger partial charge on any atom is -0.497 e. The van der Waals surface area contributed by atoms with Crippen molar-refractivity contribution in [2.24, 2.45) is 5.92 Å². The van der Waals surface area contributed by atoms with Gasteiger partial charge in [-0.15, -0.1) is 0 Å². The van der Waals surface area contributed by atoms with Crippen molar-refractivity contribution >= 4 is 23.4 Å². The summed E-state index contributed by atoms with van der Waals surface area (Å²) < 4.78 is 5.21. The molecule has 0 aromatic heterocycles. The number of methoxy groups -OCH3 is 1. The first kappa shape index (κ1) is 21.5. The number of carbonyl (C=O) groups excluding carboxylic acids is 3. The van der Waals surface area contributed by atoms with E-state index < -0.39 is 0 Å². The van der Waals surface area contributed by atoms with E-state index in [1.54, 1.807) is 40.0 Å². The van der Waals surface area contributed by atoms with Gasteiger partial charge in [-0.2, -0.15) is 0 Å². The summed E-state index contributed by atoms with van der Waals surface area (Å²) in [6, 6.07) is 13.4. The molecule has 2 aromatic carbocycles. The molecule has 1 aliphatic carbocycles. The maximum Gasteiger partial charge on any atom is 0.254 e. The number of ether oxygens (including phenoxy) is 1. The molecule has 3 aliphatic rings. The maximum atomic E-state index is 13.2. The molecule has 0 bridgehead atoms. The molecule has 1 unspecified atom stereocenters. The number of anilines is 1. The summed E-state index contributed by atoms with van der Waals surface area (Å²) >= 11 is 0. The molecule has 7 heteroatoms. The van der Waals surface area contributed by atoms with Gasteiger partial charge in [0.25, 0.3) is 5.91 Å². The molecule has 2 aromatic rings. The van der Waals surface area contributed by atoms with Crippen LogP contribution in [0.1, 0.15) is 34.3 Å². The molecule has 2 saturated heterocycles. The van der Waals surface area contributed by atoms with Crippen molar-refractivity contribution in [2.45, 2.75) is 25.7 Å². The molecule has 33 heavy (non-hydrogen) atoms. The van der Waals surface area contributed by atoms with E-state index in [1.807, 2.05) is 12.1 Å². The second kappa shape index (κ2) is 8.89. The lowest BCUT2D eigenvalue weighted by Gasteiger charge is -2.36. The summed E-state index contributed by atoms with van der Waals surface area (Å²) in [5, 5.41) is 0. The monoisotopic (exact) mass is 447 g/mol. The number of fused-ring (bicyclic) bond motifs is 1. The highest BCUT2D eigenvalue weighted by Crippen LogP contribution is 2.31. The van der Waals surface area contributed by atoms with Crippen LogP contribution in [0.15, 0.2) is 42.5 Å². The number of aryl methyl sites for hydroxylation is 2. The number of nitrogens with zero attached hydrogens (tertiary/aromatic N) is 3. The smallest absolute Gasteiger partial charge is 0.254 e. The molecule has 3 amide bonds. The summed E-state index contributed by atoms with van der Waals surface area (Å²) in [6.45, 7) is 2.36. The van der Waals surface area contributed by atoms with E-state index >= 15 is 0 Å². The van der Waals surface area contributed by atoms with Crippen LogP contribution in [-0.4, -0.2) is 67.4 Å². The summed E-state index contributed by atoms with van der Waals surface area (Å²) in [4.78, 5) is 44.1. The lowest BCUT2D eigenvalue weighted by molar-refractivity contribution is -0.137. The highest BCUT2D eigenvalue weighted by atomic mass is 16.5. The van der Waals surface area contributed by atoms with E-state index in [0.29, 0.717) is 44.0 Å². The summed E-state index contributed by atoms with van der Waals surface area (Å²) in [5.74, 6) is 0.290. The van der Waals surface area contributed by atoms with Gasteiger partial charge in [0, 0.05) is 50.4 Å². The quantitative estimate of drug-likeness (QED) is 0.722. The van der Waals surface area contributed by atoms with E-state index in [2.05, 4.69) is 12.1 Å². The Kier molecular flexibility index (Phi) is 5.79. The third kappa shape index (κ3) is 4.19. The molecule has 1 atom stereocenters. The Morgan fingerprint density at radius 2 is 1.70 bits per heavy atom. The van der Waals surface area contributed by atoms with Crippen LogP contribution in [0.25, 0.3) is 0 Å². The van der Waals surface area contributed by atoms with Crippen LogP contribution in [0.2, 0.25) is 0 Å². The fourth-order valence-electron chi connectivity index (χ4n) is 5.18. The number of hydrogen-bond acceptors (Lipinski definition) is 4. The zero-order valence-electron chi connectivity index (χ0n) is 19.0. The molecule has 5 rings (SSSR count). The minimum absolute atomic E-state index is 0.0122. The van der Waals surface area contributed by atoms with Crippen LogP contribution in [0.4, 0.5) is 5.69 Å². The van der Waals surface area contributed by atoms with Gasteiger partial charge in [-0.25, -0.2) is 0 Å². The fraction of sp³-hybridized carbons (Fsp3) is 0.423. The normalized spacial score (nSPS) is 20.2. The number of amides is 3. The maximum absolute atomic E-state index is 13.2. The van der Waals surface area contributed by atoms with E-state index in [9.17, 15) is 14.4 Å². The van der Waals surface area contributed by atoms with Gasteiger partial charge >= 0.3 is 0 Å². The number of piperazine rings is 1. The van der Waals surface area contributed by atoms with E-state index in [0.717, 1.165) is 18.5 Å². The molecule has 2 fully saturated rings. The number of hydrogen-bond donors (Lipinski definition) is 0. The number of rotatable bonds is 4. The Labute approximate surface area is 193 Å². The molecule has 0 radical (unpaired) electrons. The van der Waals surface area contributed by atoms with Gasteiger partial charge in [-0.05, 0) is 60.7 Å². The SMILES string of the molecule is COc1cccc(C(=O)N2CCN(C(=O)C3CC(=O)N(c4ccc5c(c4)CCC5)C3)CC2)c1. The molecule has 2 aliphatic heterocycles. The number of benzene rings is 2. The molecule has 7 nitrogen and oxygen atoms in total. The van der Waals surface area contributed by atoms with Crippen molar-refractivity contribution in [1.29, 1.82) is 0 Å². The van der Waals surface area contributed by atoms with Gasteiger partial charge in [-0.1, -0.05) is 12.1 Å². The van der Waals surface area contributed by atoms with Crippen molar-refractivity contribution in [1.82, 2.24) is 9.80 Å². The zero-order valence-corrected chi connectivity index (χ0v) is 19.0. The minimum atomic E-state index is -0.327. The predicted molar refractivity (Wildman–Crippen MR) is 124 cm³/mol. The molecule has 0 spiro atoms. The second-order valence-electron chi connectivity index (χ2n) is 9.06. The second-order valence-corrected chi connectivity index (χ2v) is 9.06. The molecule has 172 valence electrons. The fourth-order valence-corrected chi connectivity index (χ4v) is 5.18.